The van der Waals surface area contributed by atoms with Crippen LogP contribution in [0.2, 0.25) is 5.02 Å². The van der Waals surface area contributed by atoms with Crippen LogP contribution in [0.25, 0.3) is 11.1 Å². The van der Waals surface area contributed by atoms with Crippen molar-refractivity contribution in [3.8, 4) is 22.6 Å². The Bertz CT molecular complexity index is 1360. The van der Waals surface area contributed by atoms with Gasteiger partial charge in [-0.2, -0.15) is 0 Å². The average molecular weight is 590 g/mol. The molecule has 0 bridgehead atoms. The fourth-order valence-corrected chi connectivity index (χ4v) is 6.58. The molecular weight excluding hydrogens is 550 g/mol. The van der Waals surface area contributed by atoms with E-state index in [0.29, 0.717) is 32.8 Å². The highest BCUT2D eigenvalue weighted by Crippen LogP contribution is 2.33. The molecule has 2 fully saturated rings. The maximum absolute atomic E-state index is 13.4. The number of nitrogens with two attached hydrogens (primary N) is 1. The van der Waals surface area contributed by atoms with E-state index in [2.05, 4.69) is 51.2 Å². The third kappa shape index (κ3) is 6.73. The van der Waals surface area contributed by atoms with Crippen LogP contribution in [0.4, 0.5) is 0 Å². The van der Waals surface area contributed by atoms with Gasteiger partial charge < -0.3 is 25.0 Å². The molecule has 0 unspecified atom stereocenters. The summed E-state index contributed by atoms with van der Waals surface area (Å²) >= 11 is 6.36. The lowest BCUT2D eigenvalue weighted by atomic mass is 9.88. The monoisotopic (exact) mass is 589 g/mol. The molecule has 2 aromatic carbocycles. The molecule has 0 spiro atoms. The second-order valence-corrected chi connectivity index (χ2v) is 11.9. The molecule has 1 atom stereocenters. The normalized spacial score (nSPS) is 19.0. The third-order valence-corrected chi connectivity index (χ3v) is 9.10. The van der Waals surface area contributed by atoms with Crippen molar-refractivity contribution in [2.24, 2.45) is 11.7 Å². The van der Waals surface area contributed by atoms with Gasteiger partial charge in [-0.05, 0) is 67.1 Å². The standard InChI is InChI=1S/C33H40ClN5O3/c34-27-6-7-28(24-4-2-1-3-5-24)26(22-27)11-15-37-13-9-25(10-14-37)31(35)33(40)39-18-16-38(17-19-39)23-29-32-30(8-12-36-29)41-20-21-42-32/h1-8,12,22,25,31H,9-11,13-21,23,35H2/t31-/m1/s1. The van der Waals surface area contributed by atoms with E-state index in [-0.39, 0.29) is 11.8 Å². The van der Waals surface area contributed by atoms with Crippen LogP contribution in [0.3, 0.4) is 0 Å². The number of carbonyl (C=O) groups is 1. The van der Waals surface area contributed by atoms with Crippen molar-refractivity contribution < 1.29 is 14.3 Å². The van der Waals surface area contributed by atoms with Crippen LogP contribution < -0.4 is 15.2 Å². The Morgan fingerprint density at radius 2 is 1.71 bits per heavy atom. The van der Waals surface area contributed by atoms with Gasteiger partial charge in [-0.25, -0.2) is 0 Å². The molecule has 2 N–H and O–H groups in total. The molecule has 9 heteroatoms. The Kier molecular flexibility index (Phi) is 9.24. The Morgan fingerprint density at radius 3 is 2.50 bits per heavy atom. The van der Waals surface area contributed by atoms with E-state index in [1.165, 1.54) is 16.7 Å². The number of hydrogen-bond acceptors (Lipinski definition) is 7. The number of fused-ring (bicyclic) bond motifs is 1. The number of rotatable bonds is 8. The summed E-state index contributed by atoms with van der Waals surface area (Å²) in [6.07, 6.45) is 4.60. The summed E-state index contributed by atoms with van der Waals surface area (Å²) in [6.45, 7) is 7.62. The van der Waals surface area contributed by atoms with Gasteiger partial charge in [0.1, 0.15) is 18.9 Å². The predicted octanol–water partition coefficient (Wildman–Crippen LogP) is 4.10. The summed E-state index contributed by atoms with van der Waals surface area (Å²) < 4.78 is 11.5. The summed E-state index contributed by atoms with van der Waals surface area (Å²) in [5, 5.41) is 0.771. The van der Waals surface area contributed by atoms with Gasteiger partial charge in [0.2, 0.25) is 5.91 Å². The molecular formula is C33H40ClN5O3. The van der Waals surface area contributed by atoms with E-state index in [1.54, 1.807) is 6.20 Å². The molecule has 1 aromatic heterocycles. The first-order valence-electron chi connectivity index (χ1n) is 15.1. The van der Waals surface area contributed by atoms with Gasteiger partial charge in [-0.3, -0.25) is 14.7 Å². The van der Waals surface area contributed by atoms with Gasteiger partial charge in [0.25, 0.3) is 0 Å². The van der Waals surface area contributed by atoms with Crippen LogP contribution in [-0.2, 0) is 17.8 Å². The molecule has 6 rings (SSSR count). The Morgan fingerprint density at radius 1 is 0.952 bits per heavy atom. The van der Waals surface area contributed by atoms with E-state index in [4.69, 9.17) is 26.8 Å². The van der Waals surface area contributed by atoms with Gasteiger partial charge in [0, 0.05) is 56.6 Å². The highest BCUT2D eigenvalue weighted by atomic mass is 35.5. The fourth-order valence-electron chi connectivity index (χ4n) is 6.38. The molecule has 3 aliphatic heterocycles. The average Bonchev–Trinajstić information content (AvgIpc) is 3.04. The maximum Gasteiger partial charge on any atom is 0.239 e. The molecule has 4 heterocycles. The van der Waals surface area contributed by atoms with Crippen molar-refractivity contribution >= 4 is 17.5 Å². The number of halogens is 1. The van der Waals surface area contributed by atoms with Crippen LogP contribution in [0.5, 0.6) is 11.5 Å². The minimum atomic E-state index is -0.440. The summed E-state index contributed by atoms with van der Waals surface area (Å²) in [4.78, 5) is 24.6. The summed E-state index contributed by atoms with van der Waals surface area (Å²) in [5.41, 5.74) is 11.2. The maximum atomic E-state index is 13.4. The topological polar surface area (TPSA) is 84.2 Å². The quantitative estimate of drug-likeness (QED) is 0.423. The second kappa shape index (κ2) is 13.4. The van der Waals surface area contributed by atoms with E-state index < -0.39 is 6.04 Å². The number of carbonyl (C=O) groups excluding carboxylic acids is 1. The Labute approximate surface area is 253 Å². The van der Waals surface area contributed by atoms with Crippen LogP contribution in [0, 0.1) is 5.92 Å². The zero-order chi connectivity index (χ0) is 28.9. The summed E-state index contributed by atoms with van der Waals surface area (Å²) in [5.74, 6) is 1.82. The lowest BCUT2D eigenvalue weighted by Crippen LogP contribution is -2.55. The van der Waals surface area contributed by atoms with Crippen molar-refractivity contribution in [1.29, 1.82) is 0 Å². The molecule has 8 nitrogen and oxygen atoms in total. The second-order valence-electron chi connectivity index (χ2n) is 11.5. The number of hydrogen-bond donors (Lipinski definition) is 1. The number of piperazine rings is 1. The van der Waals surface area contributed by atoms with Crippen molar-refractivity contribution in [3.63, 3.8) is 0 Å². The molecule has 1 amide bonds. The number of nitrogens with zero attached hydrogens (tertiary/aromatic N) is 4. The minimum Gasteiger partial charge on any atom is -0.486 e. The van der Waals surface area contributed by atoms with Crippen molar-refractivity contribution in [3.05, 3.63) is 77.1 Å². The molecule has 0 aliphatic carbocycles. The van der Waals surface area contributed by atoms with Crippen LogP contribution in [-0.4, -0.2) is 90.7 Å². The van der Waals surface area contributed by atoms with E-state index in [0.717, 1.165) is 74.2 Å². The molecule has 2 saturated heterocycles. The summed E-state index contributed by atoms with van der Waals surface area (Å²) in [6, 6.07) is 18.1. The smallest absolute Gasteiger partial charge is 0.239 e. The Balaban J connectivity index is 0.962. The first-order valence-corrected chi connectivity index (χ1v) is 15.5. The van der Waals surface area contributed by atoms with Gasteiger partial charge in [0.05, 0.1) is 6.04 Å². The van der Waals surface area contributed by atoms with Gasteiger partial charge in [-0.1, -0.05) is 48.0 Å². The first kappa shape index (κ1) is 28.9. The zero-order valence-corrected chi connectivity index (χ0v) is 24.8. The largest absolute Gasteiger partial charge is 0.486 e. The lowest BCUT2D eigenvalue weighted by Gasteiger charge is -2.39. The number of ether oxygens (including phenoxy) is 2. The number of likely N-dealkylation sites (tertiary alicyclic amines) is 1. The number of amides is 1. The van der Waals surface area contributed by atoms with Crippen molar-refractivity contribution in [2.75, 3.05) is 59.0 Å². The van der Waals surface area contributed by atoms with Crippen LogP contribution in [0.15, 0.2) is 60.8 Å². The number of benzene rings is 2. The third-order valence-electron chi connectivity index (χ3n) is 8.86. The Hall–Kier alpha value is -3.17. The first-order chi connectivity index (χ1) is 20.5. The molecule has 42 heavy (non-hydrogen) atoms. The minimum absolute atomic E-state index is 0.0893. The number of aromatic nitrogens is 1. The van der Waals surface area contributed by atoms with Crippen molar-refractivity contribution in [1.82, 2.24) is 19.7 Å². The number of piperidine rings is 1. The molecule has 3 aliphatic rings. The molecule has 222 valence electrons. The SMILES string of the molecule is N[C@@H](C(=O)N1CCN(Cc2nccc3c2OCCO3)CC1)C1CCN(CCc2cc(Cl)ccc2-c2ccccc2)CC1. The zero-order valence-electron chi connectivity index (χ0n) is 24.1. The van der Waals surface area contributed by atoms with Gasteiger partial charge in [-0.15, -0.1) is 0 Å². The number of pyridine rings is 1. The van der Waals surface area contributed by atoms with E-state index in [1.807, 2.05) is 23.1 Å². The lowest BCUT2D eigenvalue weighted by molar-refractivity contribution is -0.136. The van der Waals surface area contributed by atoms with Crippen LogP contribution >= 0.6 is 11.6 Å². The fraction of sp³-hybridized carbons (Fsp3) is 0.455. The van der Waals surface area contributed by atoms with Gasteiger partial charge >= 0.3 is 0 Å². The molecule has 0 saturated carbocycles. The predicted molar refractivity (Wildman–Crippen MR) is 165 cm³/mol. The highest BCUT2D eigenvalue weighted by Gasteiger charge is 2.33. The van der Waals surface area contributed by atoms with Crippen molar-refractivity contribution in [2.45, 2.75) is 31.8 Å². The van der Waals surface area contributed by atoms with Crippen LogP contribution in [0.1, 0.15) is 24.1 Å². The molecule has 0 radical (unpaired) electrons. The molecule has 3 aromatic rings. The van der Waals surface area contributed by atoms with Gasteiger partial charge in [0.15, 0.2) is 11.5 Å². The highest BCUT2D eigenvalue weighted by molar-refractivity contribution is 6.30. The van der Waals surface area contributed by atoms with E-state index in [9.17, 15) is 4.79 Å². The van der Waals surface area contributed by atoms with E-state index >= 15 is 0 Å². The summed E-state index contributed by atoms with van der Waals surface area (Å²) in [7, 11) is 0.